The first-order chi connectivity index (χ1) is 10.6. The molecule has 0 radical (unpaired) electrons. The van der Waals surface area contributed by atoms with Crippen LogP contribution in [0.2, 0.25) is 0 Å². The van der Waals surface area contributed by atoms with Gasteiger partial charge in [-0.1, -0.05) is 40.0 Å². The second-order valence-corrected chi connectivity index (χ2v) is 9.54. The molecule has 1 atom stereocenters. The van der Waals surface area contributed by atoms with E-state index in [-0.39, 0.29) is 35.1 Å². The number of rotatable bonds is 11. The summed E-state index contributed by atoms with van der Waals surface area (Å²) in [7, 11) is -2.92. The highest BCUT2D eigenvalue weighted by atomic mass is 127. The van der Waals surface area contributed by atoms with E-state index in [0.717, 1.165) is 18.9 Å². The number of hydrogen-bond acceptors (Lipinski definition) is 3. The molecule has 0 saturated carbocycles. The van der Waals surface area contributed by atoms with Crippen molar-refractivity contribution < 1.29 is 8.42 Å². The molecule has 0 aromatic carbocycles. The zero-order valence-corrected chi connectivity index (χ0v) is 19.5. The molecule has 0 aromatic heterocycles. The third kappa shape index (κ3) is 15.5. The molecule has 0 saturated heterocycles. The zero-order valence-electron chi connectivity index (χ0n) is 16.3. The summed E-state index contributed by atoms with van der Waals surface area (Å²) in [5.74, 6) is 1.04. The van der Waals surface area contributed by atoms with Crippen LogP contribution < -0.4 is 10.6 Å². The lowest BCUT2D eigenvalue weighted by atomic mass is 9.90. The maximum Gasteiger partial charge on any atom is 0.191 e. The van der Waals surface area contributed by atoms with Crippen molar-refractivity contribution >= 4 is 39.8 Å². The highest BCUT2D eigenvalue weighted by Crippen LogP contribution is 2.21. The zero-order chi connectivity index (χ0) is 17.9. The van der Waals surface area contributed by atoms with Crippen LogP contribution in [-0.2, 0) is 9.84 Å². The SMILES string of the molecule is CCCCCC(C)NC(=NCC(C)(C)CCS(C)(=O)=O)NCC.I. The van der Waals surface area contributed by atoms with Gasteiger partial charge in [-0.3, -0.25) is 4.99 Å². The van der Waals surface area contributed by atoms with Crippen LogP contribution in [0.15, 0.2) is 4.99 Å². The van der Waals surface area contributed by atoms with Crippen LogP contribution in [0.3, 0.4) is 0 Å². The van der Waals surface area contributed by atoms with Crippen molar-refractivity contribution in [2.45, 2.75) is 72.8 Å². The third-order valence-corrected chi connectivity index (χ3v) is 4.73. The lowest BCUT2D eigenvalue weighted by Crippen LogP contribution is -2.42. The van der Waals surface area contributed by atoms with E-state index in [2.05, 4.69) is 43.3 Å². The molecule has 146 valence electrons. The van der Waals surface area contributed by atoms with Gasteiger partial charge in [-0.05, 0) is 32.1 Å². The van der Waals surface area contributed by atoms with Crippen molar-refractivity contribution in [2.75, 3.05) is 25.1 Å². The van der Waals surface area contributed by atoms with E-state index >= 15 is 0 Å². The molecule has 0 rings (SSSR count). The molecule has 0 fully saturated rings. The Morgan fingerprint density at radius 1 is 1.21 bits per heavy atom. The number of halogens is 1. The molecule has 0 spiro atoms. The Labute approximate surface area is 166 Å². The predicted molar refractivity (Wildman–Crippen MR) is 116 cm³/mol. The smallest absolute Gasteiger partial charge is 0.191 e. The molecule has 0 aliphatic carbocycles. The Kier molecular flexibility index (Phi) is 14.4. The lowest BCUT2D eigenvalue weighted by Gasteiger charge is -2.24. The van der Waals surface area contributed by atoms with Gasteiger partial charge in [0.15, 0.2) is 5.96 Å². The molecule has 0 aliphatic heterocycles. The number of nitrogens with zero attached hydrogens (tertiary/aromatic N) is 1. The van der Waals surface area contributed by atoms with Gasteiger partial charge >= 0.3 is 0 Å². The Hall–Kier alpha value is -0.0500. The first-order valence-electron chi connectivity index (χ1n) is 8.82. The number of hydrogen-bond donors (Lipinski definition) is 2. The Bertz CT molecular complexity index is 451. The van der Waals surface area contributed by atoms with Gasteiger partial charge < -0.3 is 10.6 Å². The van der Waals surface area contributed by atoms with Gasteiger partial charge in [0, 0.05) is 25.4 Å². The van der Waals surface area contributed by atoms with Crippen molar-refractivity contribution in [1.29, 1.82) is 0 Å². The lowest BCUT2D eigenvalue weighted by molar-refractivity contribution is 0.365. The normalized spacial score (nSPS) is 14.0. The molecule has 0 bridgehead atoms. The van der Waals surface area contributed by atoms with Gasteiger partial charge in [-0.2, -0.15) is 0 Å². The van der Waals surface area contributed by atoms with Crippen LogP contribution >= 0.6 is 24.0 Å². The summed E-state index contributed by atoms with van der Waals surface area (Å²) in [6.07, 6.45) is 6.77. The molecule has 0 amide bonds. The van der Waals surface area contributed by atoms with Crippen molar-refractivity contribution in [3.05, 3.63) is 0 Å². The third-order valence-electron chi connectivity index (χ3n) is 3.78. The summed E-state index contributed by atoms with van der Waals surface area (Å²) in [6, 6.07) is 0.387. The van der Waals surface area contributed by atoms with E-state index in [4.69, 9.17) is 0 Å². The summed E-state index contributed by atoms with van der Waals surface area (Å²) in [5.41, 5.74) is -0.128. The predicted octanol–water partition coefficient (Wildman–Crippen LogP) is 3.59. The Balaban J connectivity index is 0. The summed E-state index contributed by atoms with van der Waals surface area (Å²) in [4.78, 5) is 4.65. The van der Waals surface area contributed by atoms with Crippen LogP contribution in [0.4, 0.5) is 0 Å². The second kappa shape index (κ2) is 13.2. The molecule has 1 unspecified atom stereocenters. The number of nitrogens with one attached hydrogen (secondary N) is 2. The first-order valence-corrected chi connectivity index (χ1v) is 10.9. The minimum Gasteiger partial charge on any atom is -0.357 e. The molecule has 24 heavy (non-hydrogen) atoms. The first kappa shape index (κ1) is 26.2. The summed E-state index contributed by atoms with van der Waals surface area (Å²) < 4.78 is 22.7. The van der Waals surface area contributed by atoms with Gasteiger partial charge in [0.05, 0.1) is 5.75 Å². The van der Waals surface area contributed by atoms with Crippen LogP contribution in [0.25, 0.3) is 0 Å². The van der Waals surface area contributed by atoms with Gasteiger partial charge in [-0.15, -0.1) is 24.0 Å². The molecule has 0 heterocycles. The highest BCUT2D eigenvalue weighted by molar-refractivity contribution is 14.0. The highest BCUT2D eigenvalue weighted by Gasteiger charge is 2.20. The topological polar surface area (TPSA) is 70.6 Å². The van der Waals surface area contributed by atoms with E-state index < -0.39 is 9.84 Å². The van der Waals surface area contributed by atoms with Gasteiger partial charge in [-0.25, -0.2) is 8.42 Å². The molecular weight excluding hydrogens is 437 g/mol. The largest absolute Gasteiger partial charge is 0.357 e. The molecule has 7 heteroatoms. The minimum absolute atomic E-state index is 0. The van der Waals surface area contributed by atoms with Crippen molar-refractivity contribution in [3.8, 4) is 0 Å². The van der Waals surface area contributed by atoms with Crippen LogP contribution in [0, 0.1) is 5.41 Å². The van der Waals surface area contributed by atoms with E-state index in [1.54, 1.807) is 0 Å². The summed E-state index contributed by atoms with van der Waals surface area (Å²) >= 11 is 0. The number of guanidine groups is 1. The summed E-state index contributed by atoms with van der Waals surface area (Å²) in [5, 5.41) is 6.71. The molecular formula is C17H38IN3O2S. The molecule has 5 nitrogen and oxygen atoms in total. The fourth-order valence-electron chi connectivity index (χ4n) is 2.16. The standard InChI is InChI=1S/C17H37N3O2S.HI/c1-7-9-10-11-15(3)20-16(18-8-2)19-14-17(4,5)12-13-23(6,21)22;/h15H,7-14H2,1-6H3,(H2,18,19,20);1H. The van der Waals surface area contributed by atoms with Crippen LogP contribution in [0.1, 0.15) is 66.7 Å². The van der Waals surface area contributed by atoms with E-state index in [0.29, 0.717) is 19.0 Å². The molecule has 2 N–H and O–H groups in total. The Morgan fingerprint density at radius 2 is 1.83 bits per heavy atom. The van der Waals surface area contributed by atoms with E-state index in [1.165, 1.54) is 25.5 Å². The molecule has 0 aliphatic rings. The van der Waals surface area contributed by atoms with Crippen LogP contribution in [-0.4, -0.2) is 45.5 Å². The van der Waals surface area contributed by atoms with Crippen molar-refractivity contribution in [2.24, 2.45) is 10.4 Å². The average molecular weight is 475 g/mol. The fourth-order valence-corrected chi connectivity index (χ4v) is 3.08. The van der Waals surface area contributed by atoms with Crippen LogP contribution in [0.5, 0.6) is 0 Å². The quantitative estimate of drug-likeness (QED) is 0.207. The minimum atomic E-state index is -2.92. The number of sulfone groups is 1. The number of unbranched alkanes of at least 4 members (excludes halogenated alkanes) is 2. The molecule has 0 aromatic rings. The van der Waals surface area contributed by atoms with Gasteiger partial charge in [0.1, 0.15) is 9.84 Å². The maximum atomic E-state index is 11.3. The van der Waals surface area contributed by atoms with Gasteiger partial charge in [0.25, 0.3) is 0 Å². The van der Waals surface area contributed by atoms with E-state index in [9.17, 15) is 8.42 Å². The van der Waals surface area contributed by atoms with Crippen molar-refractivity contribution in [1.82, 2.24) is 10.6 Å². The Morgan fingerprint density at radius 3 is 2.33 bits per heavy atom. The fraction of sp³-hybridized carbons (Fsp3) is 0.941. The summed E-state index contributed by atoms with van der Waals surface area (Å²) in [6.45, 7) is 12.0. The maximum absolute atomic E-state index is 11.3. The second-order valence-electron chi connectivity index (χ2n) is 7.28. The van der Waals surface area contributed by atoms with Crippen molar-refractivity contribution in [3.63, 3.8) is 0 Å². The van der Waals surface area contributed by atoms with E-state index in [1.807, 2.05) is 6.92 Å². The average Bonchev–Trinajstić information content (AvgIpc) is 2.43. The number of aliphatic imine (C=N–C) groups is 1. The monoisotopic (exact) mass is 475 g/mol. The van der Waals surface area contributed by atoms with Gasteiger partial charge in [0.2, 0.25) is 0 Å².